The Labute approximate surface area is 55.1 Å². The minimum absolute atomic E-state index is 1.05. The molecule has 1 atom stereocenters. The molecule has 0 aromatic heterocycles. The molecule has 0 spiro atoms. The van der Waals surface area contributed by atoms with Crippen molar-refractivity contribution in [3.8, 4) is 0 Å². The Morgan fingerprint density at radius 2 is 2.00 bits per heavy atom. The summed E-state index contributed by atoms with van der Waals surface area (Å²) in [6.07, 6.45) is -1.05. The Bertz CT molecular complexity index is 136. The van der Waals surface area contributed by atoms with Crippen LogP contribution in [0.3, 0.4) is 0 Å². The van der Waals surface area contributed by atoms with E-state index in [9.17, 15) is 17.7 Å². The van der Waals surface area contributed by atoms with Gasteiger partial charge in [-0.25, -0.2) is 0 Å². The van der Waals surface area contributed by atoms with E-state index in [0.29, 0.717) is 0 Å². The highest BCUT2D eigenvalue weighted by Crippen LogP contribution is 2.14. The first kappa shape index (κ1) is 9.28. The lowest BCUT2D eigenvalue weighted by molar-refractivity contribution is -0.137. The number of hydrogen-bond donors (Lipinski definition) is 2. The van der Waals surface area contributed by atoms with Gasteiger partial charge in [-0.15, -0.1) is 0 Å². The van der Waals surface area contributed by atoms with E-state index in [-0.39, 0.29) is 0 Å². The van der Waals surface area contributed by atoms with Gasteiger partial charge in [0.05, 0.1) is 0 Å². The molecule has 1 unspecified atom stereocenters. The average Bonchev–Trinajstić information content (AvgIpc) is 1.60. The van der Waals surface area contributed by atoms with Crippen LogP contribution in [0.5, 0.6) is 0 Å². The Kier molecular flexibility index (Phi) is 2.71. The quantitative estimate of drug-likeness (QED) is 0.572. The number of nitrogens with two attached hydrogens (primary N) is 1. The van der Waals surface area contributed by atoms with Crippen molar-refractivity contribution >= 4 is 12.9 Å². The molecule has 0 aliphatic rings. The van der Waals surface area contributed by atoms with Crippen LogP contribution >= 0.6 is 0 Å². The molecule has 0 heterocycles. The highest BCUT2D eigenvalue weighted by atomic mass is 19.4. The van der Waals surface area contributed by atoms with Crippen LogP contribution in [0.4, 0.5) is 12.9 Å². The second-order valence-electron chi connectivity index (χ2n) is 1.89. The summed E-state index contributed by atoms with van der Waals surface area (Å²) in [4.78, 5) is 9.69. The van der Waals surface area contributed by atoms with Gasteiger partial charge in [0.1, 0.15) is 0 Å². The summed E-state index contributed by atoms with van der Waals surface area (Å²) in [7, 11) is 0. The number of carboxylic acid groups (broad SMARTS) is 1. The number of carbonyl (C=O) groups is 1. The molecular formula is C3H6BF3NO2-. The predicted octanol–water partition coefficient (Wildman–Crippen LogP) is 0.175. The number of carboxylic acids is 1. The van der Waals surface area contributed by atoms with E-state index < -0.39 is 25.3 Å². The van der Waals surface area contributed by atoms with Gasteiger partial charge >= 0.3 is 12.9 Å². The summed E-state index contributed by atoms with van der Waals surface area (Å²) in [5, 5.41) is 7.88. The number of rotatable bonds is 3. The molecule has 10 heavy (non-hydrogen) atoms. The van der Waals surface area contributed by atoms with E-state index in [0.717, 1.165) is 0 Å². The first-order valence-corrected chi connectivity index (χ1v) is 2.51. The van der Waals surface area contributed by atoms with Crippen LogP contribution in [0, 0.1) is 0 Å². The third-order valence-electron chi connectivity index (χ3n) is 0.896. The molecule has 60 valence electrons. The lowest BCUT2D eigenvalue weighted by Crippen LogP contribution is -2.43. The fraction of sp³-hybridized carbons (Fsp3) is 0.667. The largest absolute Gasteiger partial charge is 0.495 e. The second kappa shape index (κ2) is 2.91. The first-order chi connectivity index (χ1) is 4.34. The minimum atomic E-state index is -5.20. The van der Waals surface area contributed by atoms with Crippen LogP contribution in [0.15, 0.2) is 0 Å². The zero-order chi connectivity index (χ0) is 8.36. The molecule has 0 rings (SSSR count). The van der Waals surface area contributed by atoms with Crippen molar-refractivity contribution in [1.82, 2.24) is 0 Å². The van der Waals surface area contributed by atoms with Crippen LogP contribution in [-0.4, -0.2) is 24.0 Å². The van der Waals surface area contributed by atoms with Crippen molar-refractivity contribution in [2.24, 2.45) is 5.73 Å². The first-order valence-electron chi connectivity index (χ1n) is 2.51. The van der Waals surface area contributed by atoms with Crippen LogP contribution in [0.2, 0.25) is 0 Å². The normalized spacial score (nSPS) is 14.8. The van der Waals surface area contributed by atoms with Crippen LogP contribution in [0.1, 0.15) is 6.42 Å². The van der Waals surface area contributed by atoms with Gasteiger partial charge in [0.2, 0.25) is 0 Å². The third-order valence-corrected chi connectivity index (χ3v) is 0.896. The Hall–Kier alpha value is -0.715. The molecule has 0 aliphatic carbocycles. The summed E-state index contributed by atoms with van der Waals surface area (Å²) in [5.74, 6) is -3.73. The minimum Gasteiger partial charge on any atom is -0.481 e. The van der Waals surface area contributed by atoms with Gasteiger partial charge in [-0.3, -0.25) is 4.79 Å². The van der Waals surface area contributed by atoms with E-state index in [1.165, 1.54) is 0 Å². The molecule has 0 bridgehead atoms. The van der Waals surface area contributed by atoms with Gasteiger partial charge in [0.25, 0.3) is 0 Å². The highest BCUT2D eigenvalue weighted by Gasteiger charge is 2.33. The lowest BCUT2D eigenvalue weighted by Gasteiger charge is -2.20. The summed E-state index contributed by atoms with van der Waals surface area (Å²) in [6, 6.07) is 0. The fourth-order valence-corrected chi connectivity index (χ4v) is 0.335. The van der Waals surface area contributed by atoms with Crippen molar-refractivity contribution in [2.75, 3.05) is 0 Å². The van der Waals surface area contributed by atoms with Crippen LogP contribution < -0.4 is 5.73 Å². The molecule has 0 radical (unpaired) electrons. The maximum absolute atomic E-state index is 11.5. The summed E-state index contributed by atoms with van der Waals surface area (Å²) >= 11 is 0. The Balaban J connectivity index is 3.85. The maximum Gasteiger partial charge on any atom is 0.495 e. The van der Waals surface area contributed by atoms with Crippen molar-refractivity contribution < 1.29 is 22.8 Å². The van der Waals surface area contributed by atoms with Gasteiger partial charge in [-0.05, 0) is 5.94 Å². The molecule has 0 fully saturated rings. The standard InChI is InChI=1S/C3H6BF3NO2/c5-4(6,7)2(8)1-3(9)10/h2H,1,8H2,(H,9,10)/q-1. The molecule has 7 heteroatoms. The molecule has 3 N–H and O–H groups in total. The topological polar surface area (TPSA) is 63.3 Å². The molecular weight excluding hydrogens is 150 g/mol. The maximum atomic E-state index is 11.5. The molecule has 0 aromatic rings. The molecule has 0 aliphatic heterocycles. The van der Waals surface area contributed by atoms with E-state index in [1.807, 2.05) is 0 Å². The third kappa shape index (κ3) is 3.34. The van der Waals surface area contributed by atoms with E-state index in [1.54, 1.807) is 0 Å². The zero-order valence-corrected chi connectivity index (χ0v) is 4.93. The number of halogens is 3. The smallest absolute Gasteiger partial charge is 0.481 e. The summed E-state index contributed by atoms with van der Waals surface area (Å²) in [5.41, 5.74) is 4.47. The summed E-state index contributed by atoms with van der Waals surface area (Å²) in [6.45, 7) is -5.20. The van der Waals surface area contributed by atoms with Gasteiger partial charge in [-0.2, -0.15) is 0 Å². The molecule has 0 aromatic carbocycles. The SMILES string of the molecule is NC(CC(=O)O)[B-](F)(F)F. The van der Waals surface area contributed by atoms with E-state index in [4.69, 9.17) is 5.11 Å². The van der Waals surface area contributed by atoms with Gasteiger partial charge in [0, 0.05) is 6.42 Å². The molecule has 0 saturated carbocycles. The number of aliphatic carboxylic acids is 1. The van der Waals surface area contributed by atoms with Crippen molar-refractivity contribution in [3.05, 3.63) is 0 Å². The van der Waals surface area contributed by atoms with E-state index in [2.05, 4.69) is 5.73 Å². The highest BCUT2D eigenvalue weighted by molar-refractivity contribution is 6.60. The predicted molar refractivity (Wildman–Crippen MR) is 29.3 cm³/mol. The summed E-state index contributed by atoms with van der Waals surface area (Å²) < 4.78 is 34.5. The molecule has 0 amide bonds. The van der Waals surface area contributed by atoms with Crippen LogP contribution in [0.25, 0.3) is 0 Å². The second-order valence-corrected chi connectivity index (χ2v) is 1.89. The molecule has 3 nitrogen and oxygen atoms in total. The van der Waals surface area contributed by atoms with Crippen LogP contribution in [-0.2, 0) is 4.79 Å². The van der Waals surface area contributed by atoms with Gasteiger partial charge < -0.3 is 23.8 Å². The Morgan fingerprint density at radius 3 is 2.10 bits per heavy atom. The average molecular weight is 156 g/mol. The van der Waals surface area contributed by atoms with Crippen molar-refractivity contribution in [1.29, 1.82) is 0 Å². The fourth-order valence-electron chi connectivity index (χ4n) is 0.335. The van der Waals surface area contributed by atoms with Gasteiger partial charge in [0.15, 0.2) is 0 Å². The molecule has 0 saturated heterocycles. The van der Waals surface area contributed by atoms with Crippen molar-refractivity contribution in [3.63, 3.8) is 0 Å². The van der Waals surface area contributed by atoms with E-state index >= 15 is 0 Å². The zero-order valence-electron chi connectivity index (χ0n) is 4.93. The van der Waals surface area contributed by atoms with Crippen molar-refractivity contribution in [2.45, 2.75) is 12.4 Å². The monoisotopic (exact) mass is 156 g/mol. The Morgan fingerprint density at radius 1 is 1.60 bits per heavy atom. The lowest BCUT2D eigenvalue weighted by atomic mass is 9.78. The number of hydrogen-bond acceptors (Lipinski definition) is 2. The van der Waals surface area contributed by atoms with Gasteiger partial charge in [-0.1, -0.05) is 0 Å².